The average Bonchev–Trinajstić information content (AvgIpc) is 3.01. The zero-order chi connectivity index (χ0) is 18.0. The van der Waals surface area contributed by atoms with E-state index in [1.165, 1.54) is 41.3 Å². The second-order valence-electron chi connectivity index (χ2n) is 5.03. The highest BCUT2D eigenvalue weighted by atomic mass is 19.1. The maximum atomic E-state index is 13.8. The number of rotatable bonds is 4. The fourth-order valence-corrected chi connectivity index (χ4v) is 2.02. The van der Waals surface area contributed by atoms with Gasteiger partial charge in [-0.25, -0.2) is 18.3 Å². The van der Waals surface area contributed by atoms with Crippen LogP contribution in [-0.2, 0) is 0 Å². The van der Waals surface area contributed by atoms with Crippen LogP contribution in [-0.4, -0.2) is 26.0 Å². The Morgan fingerprint density at radius 2 is 2.04 bits per heavy atom. The molecule has 0 aliphatic rings. The number of aromatic nitrogens is 3. The first-order valence-corrected chi connectivity index (χ1v) is 7.08. The number of pyridine rings is 1. The largest absolute Gasteiger partial charge is 0.465 e. The Hall–Kier alpha value is -3.49. The minimum atomic E-state index is -1.37. The molecule has 1 aromatic carbocycles. The number of aryl methyl sites for hydroxylation is 1. The molecule has 2 N–H and O–H groups in total. The number of carbonyl (C=O) groups is 1. The van der Waals surface area contributed by atoms with Crippen molar-refractivity contribution in [3.05, 3.63) is 60.1 Å². The summed E-state index contributed by atoms with van der Waals surface area (Å²) in [4.78, 5) is 14.4. The first kappa shape index (κ1) is 16.4. The molecular weight excluding hydrogens is 334 g/mol. The lowest BCUT2D eigenvalue weighted by Crippen LogP contribution is -2.08. The van der Waals surface area contributed by atoms with Crippen molar-refractivity contribution in [2.24, 2.45) is 0 Å². The number of ether oxygens (including phenoxy) is 1. The highest BCUT2D eigenvalue weighted by Gasteiger charge is 2.10. The molecule has 3 rings (SSSR count). The maximum absolute atomic E-state index is 13.8. The summed E-state index contributed by atoms with van der Waals surface area (Å²) in [7, 11) is 0. The van der Waals surface area contributed by atoms with Gasteiger partial charge in [0.1, 0.15) is 11.6 Å². The van der Waals surface area contributed by atoms with Gasteiger partial charge in [-0.1, -0.05) is 0 Å². The lowest BCUT2D eigenvalue weighted by molar-refractivity contribution is 0.209. The number of nitrogens with zero attached hydrogens (tertiary/aromatic N) is 3. The van der Waals surface area contributed by atoms with Crippen LogP contribution in [0.1, 0.15) is 5.69 Å². The van der Waals surface area contributed by atoms with Gasteiger partial charge < -0.3 is 9.84 Å². The summed E-state index contributed by atoms with van der Waals surface area (Å²) in [6, 6.07) is 6.44. The first-order chi connectivity index (χ1) is 11.9. The average molecular weight is 346 g/mol. The molecule has 128 valence electrons. The quantitative estimate of drug-likeness (QED) is 0.751. The van der Waals surface area contributed by atoms with E-state index in [0.29, 0.717) is 5.69 Å². The van der Waals surface area contributed by atoms with Crippen molar-refractivity contribution < 1.29 is 23.4 Å². The zero-order valence-electron chi connectivity index (χ0n) is 12.9. The van der Waals surface area contributed by atoms with Crippen molar-refractivity contribution in [1.29, 1.82) is 0 Å². The number of nitrogens with one attached hydrogen (secondary N) is 1. The number of amides is 1. The topological polar surface area (TPSA) is 89.3 Å². The zero-order valence-corrected chi connectivity index (χ0v) is 12.9. The second-order valence-corrected chi connectivity index (χ2v) is 5.03. The van der Waals surface area contributed by atoms with Crippen LogP contribution in [0.2, 0.25) is 0 Å². The Morgan fingerprint density at radius 1 is 1.24 bits per heavy atom. The lowest BCUT2D eigenvalue weighted by Gasteiger charge is -2.06. The molecule has 2 aromatic heterocycles. The number of hydrogen-bond donors (Lipinski definition) is 2. The van der Waals surface area contributed by atoms with E-state index in [1.807, 2.05) is 5.32 Å². The molecule has 0 radical (unpaired) electrons. The summed E-state index contributed by atoms with van der Waals surface area (Å²) >= 11 is 0. The fourth-order valence-electron chi connectivity index (χ4n) is 2.02. The molecule has 0 fully saturated rings. The first-order valence-electron chi connectivity index (χ1n) is 7.08. The number of benzene rings is 1. The summed E-state index contributed by atoms with van der Waals surface area (Å²) < 4.78 is 34.1. The van der Waals surface area contributed by atoms with Crippen LogP contribution in [0.4, 0.5) is 19.3 Å². The van der Waals surface area contributed by atoms with Gasteiger partial charge in [-0.3, -0.25) is 10.3 Å². The molecule has 0 saturated carbocycles. The SMILES string of the molecule is Cc1ncc(-n2ccc(Oc3ccc(NC(=O)O)c(F)c3)n2)cc1F. The second kappa shape index (κ2) is 6.56. The Balaban J connectivity index is 1.78. The molecule has 1 amide bonds. The van der Waals surface area contributed by atoms with Crippen LogP contribution in [0, 0.1) is 18.6 Å². The van der Waals surface area contributed by atoms with Gasteiger partial charge in [0, 0.05) is 24.4 Å². The highest BCUT2D eigenvalue weighted by Crippen LogP contribution is 2.25. The van der Waals surface area contributed by atoms with Crippen LogP contribution in [0.25, 0.3) is 5.69 Å². The number of halogens is 2. The monoisotopic (exact) mass is 346 g/mol. The van der Waals surface area contributed by atoms with E-state index in [-0.39, 0.29) is 23.0 Å². The molecule has 0 aliphatic carbocycles. The third kappa shape index (κ3) is 3.71. The Bertz CT molecular complexity index is 943. The number of hydrogen-bond acceptors (Lipinski definition) is 4. The molecule has 0 bridgehead atoms. The van der Waals surface area contributed by atoms with Crippen molar-refractivity contribution in [3.8, 4) is 17.3 Å². The number of carboxylic acid groups (broad SMARTS) is 1. The minimum absolute atomic E-state index is 0.131. The fraction of sp³-hybridized carbons (Fsp3) is 0.0625. The van der Waals surface area contributed by atoms with Gasteiger partial charge in [0.05, 0.1) is 23.3 Å². The Kier molecular flexibility index (Phi) is 4.29. The Labute approximate surface area is 140 Å². The van der Waals surface area contributed by atoms with Gasteiger partial charge in [-0.05, 0) is 19.1 Å². The van der Waals surface area contributed by atoms with Crippen molar-refractivity contribution >= 4 is 11.8 Å². The van der Waals surface area contributed by atoms with Crippen LogP contribution in [0.15, 0.2) is 42.7 Å². The van der Waals surface area contributed by atoms with E-state index in [2.05, 4.69) is 10.1 Å². The van der Waals surface area contributed by atoms with Crippen LogP contribution in [0.3, 0.4) is 0 Å². The molecule has 9 heteroatoms. The molecule has 25 heavy (non-hydrogen) atoms. The van der Waals surface area contributed by atoms with E-state index in [4.69, 9.17) is 9.84 Å². The normalized spacial score (nSPS) is 10.5. The third-order valence-electron chi connectivity index (χ3n) is 3.24. The maximum Gasteiger partial charge on any atom is 0.409 e. The molecule has 0 atom stereocenters. The van der Waals surface area contributed by atoms with Gasteiger partial charge in [-0.15, -0.1) is 5.10 Å². The van der Waals surface area contributed by atoms with Gasteiger partial charge in [0.15, 0.2) is 5.82 Å². The summed E-state index contributed by atoms with van der Waals surface area (Å²) in [5, 5.41) is 14.6. The smallest absolute Gasteiger partial charge is 0.409 e. The van der Waals surface area contributed by atoms with E-state index in [0.717, 1.165) is 6.07 Å². The molecule has 0 aliphatic heterocycles. The van der Waals surface area contributed by atoms with Crippen LogP contribution < -0.4 is 10.1 Å². The van der Waals surface area contributed by atoms with E-state index < -0.39 is 17.7 Å². The summed E-state index contributed by atoms with van der Waals surface area (Å²) in [5.74, 6) is -0.963. The van der Waals surface area contributed by atoms with Crippen molar-refractivity contribution in [2.75, 3.05) is 5.32 Å². The van der Waals surface area contributed by atoms with Gasteiger partial charge in [-0.2, -0.15) is 0 Å². The Morgan fingerprint density at radius 3 is 2.72 bits per heavy atom. The summed E-state index contributed by atoms with van der Waals surface area (Å²) in [5.41, 5.74) is 0.495. The van der Waals surface area contributed by atoms with E-state index in [9.17, 15) is 13.6 Å². The molecule has 2 heterocycles. The molecule has 0 spiro atoms. The van der Waals surface area contributed by atoms with Gasteiger partial charge in [0.2, 0.25) is 5.88 Å². The number of anilines is 1. The van der Waals surface area contributed by atoms with Gasteiger partial charge >= 0.3 is 6.09 Å². The van der Waals surface area contributed by atoms with E-state index in [1.54, 1.807) is 6.92 Å². The van der Waals surface area contributed by atoms with E-state index >= 15 is 0 Å². The molecule has 7 nitrogen and oxygen atoms in total. The predicted octanol–water partition coefficient (Wildman–Crippen LogP) is 3.74. The lowest BCUT2D eigenvalue weighted by atomic mass is 10.3. The van der Waals surface area contributed by atoms with Crippen molar-refractivity contribution in [3.63, 3.8) is 0 Å². The van der Waals surface area contributed by atoms with Gasteiger partial charge in [0.25, 0.3) is 0 Å². The molecule has 0 saturated heterocycles. The third-order valence-corrected chi connectivity index (χ3v) is 3.24. The van der Waals surface area contributed by atoms with Crippen molar-refractivity contribution in [2.45, 2.75) is 6.92 Å². The predicted molar refractivity (Wildman–Crippen MR) is 84.2 cm³/mol. The minimum Gasteiger partial charge on any atom is -0.465 e. The molecular formula is C16H12F2N4O3. The molecule has 3 aromatic rings. The van der Waals surface area contributed by atoms with Crippen LogP contribution in [0.5, 0.6) is 11.6 Å². The van der Waals surface area contributed by atoms with Crippen LogP contribution >= 0.6 is 0 Å². The highest BCUT2D eigenvalue weighted by molar-refractivity contribution is 5.83. The van der Waals surface area contributed by atoms with Crippen molar-refractivity contribution in [1.82, 2.24) is 14.8 Å². The summed E-state index contributed by atoms with van der Waals surface area (Å²) in [6.07, 6.45) is 1.63. The standard InChI is InChI=1S/C16H12F2N4O3/c1-9-12(17)6-10(8-19-9)22-5-4-15(21-22)25-11-2-3-14(13(18)7-11)20-16(23)24/h2-8,20H,1H3,(H,23,24). The summed E-state index contributed by atoms with van der Waals surface area (Å²) in [6.45, 7) is 1.55. The molecule has 0 unspecified atom stereocenters.